The Balaban J connectivity index is 1.84. The molecule has 1 fully saturated rings. The zero-order valence-corrected chi connectivity index (χ0v) is 13.1. The number of rotatable bonds is 4. The Morgan fingerprint density at radius 1 is 1.36 bits per heavy atom. The molecule has 2 aliphatic heterocycles. The molecule has 1 aromatic rings. The van der Waals surface area contributed by atoms with Crippen LogP contribution in [0.2, 0.25) is 0 Å². The van der Waals surface area contributed by atoms with Crippen molar-refractivity contribution in [1.29, 1.82) is 0 Å². The highest BCUT2D eigenvalue weighted by molar-refractivity contribution is 8.22. The van der Waals surface area contributed by atoms with Gasteiger partial charge in [0.2, 0.25) is 5.91 Å². The second kappa shape index (κ2) is 5.53. The molecule has 0 spiro atoms. The van der Waals surface area contributed by atoms with Crippen molar-refractivity contribution in [3.05, 3.63) is 39.8 Å². The molecule has 1 aromatic carbocycles. The van der Waals surface area contributed by atoms with E-state index in [-0.39, 0.29) is 17.4 Å². The molecule has 1 amide bonds. The summed E-state index contributed by atoms with van der Waals surface area (Å²) in [6, 6.07) is 5.98. The predicted octanol–water partition coefficient (Wildman–Crippen LogP) is 1.57. The lowest BCUT2D eigenvalue weighted by atomic mass is 9.87. The highest BCUT2D eigenvalue weighted by atomic mass is 32.2. The molecule has 0 radical (unpaired) electrons. The smallest absolute Gasteiger partial charge is 0.354 e. The molecular formula is C14H13NO5S2. The van der Waals surface area contributed by atoms with Crippen LogP contribution in [0.15, 0.2) is 34.2 Å². The van der Waals surface area contributed by atoms with Crippen LogP contribution in [0, 0.1) is 5.92 Å². The maximum atomic E-state index is 12.3. The quantitative estimate of drug-likeness (QED) is 0.716. The number of β-lactam (4-membered cyclic amide) rings is 1. The van der Waals surface area contributed by atoms with Crippen molar-refractivity contribution in [3.8, 4) is 5.75 Å². The van der Waals surface area contributed by atoms with Gasteiger partial charge in [0, 0.05) is 0 Å². The van der Waals surface area contributed by atoms with Crippen molar-refractivity contribution >= 4 is 35.4 Å². The second-order valence-corrected chi connectivity index (χ2v) is 7.13. The summed E-state index contributed by atoms with van der Waals surface area (Å²) in [6.07, 6.45) is 0.727. The molecule has 2 heterocycles. The highest BCUT2D eigenvalue weighted by Gasteiger charge is 2.58. The van der Waals surface area contributed by atoms with Gasteiger partial charge < -0.3 is 15.3 Å². The normalized spacial score (nSPS) is 25.0. The molecule has 8 heteroatoms. The van der Waals surface area contributed by atoms with Gasteiger partial charge in [-0.2, -0.15) is 0 Å². The van der Waals surface area contributed by atoms with Crippen LogP contribution in [-0.4, -0.2) is 43.7 Å². The highest BCUT2D eigenvalue weighted by Crippen LogP contribution is 2.55. The summed E-state index contributed by atoms with van der Waals surface area (Å²) in [5.74, 6) is -2.13. The third-order valence-corrected chi connectivity index (χ3v) is 6.21. The number of phenols is 1. The molecule has 2 aliphatic rings. The van der Waals surface area contributed by atoms with Crippen molar-refractivity contribution in [2.24, 2.45) is 5.92 Å². The number of hydrogen-bond donors (Lipinski definition) is 3. The van der Waals surface area contributed by atoms with Crippen LogP contribution in [0.3, 0.4) is 0 Å². The van der Waals surface area contributed by atoms with E-state index in [0.29, 0.717) is 9.80 Å². The maximum absolute atomic E-state index is 12.3. The third kappa shape index (κ3) is 2.18. The van der Waals surface area contributed by atoms with Gasteiger partial charge in [-0.05, 0) is 24.0 Å². The van der Waals surface area contributed by atoms with Crippen molar-refractivity contribution in [2.45, 2.75) is 11.5 Å². The minimum atomic E-state index is -1.13. The first kappa shape index (κ1) is 15.3. The number of carboxylic acids is 1. The van der Waals surface area contributed by atoms with Crippen LogP contribution >= 0.6 is 23.5 Å². The molecule has 22 heavy (non-hydrogen) atoms. The van der Waals surface area contributed by atoms with Crippen molar-refractivity contribution in [2.75, 3.05) is 6.26 Å². The molecule has 0 aromatic heterocycles. The molecule has 3 rings (SSSR count). The number of hydrogen-bond acceptors (Lipinski definition) is 6. The van der Waals surface area contributed by atoms with Crippen LogP contribution in [0.4, 0.5) is 0 Å². The number of benzene rings is 1. The minimum absolute atomic E-state index is 0.00153. The Morgan fingerprint density at radius 2 is 2.00 bits per heavy atom. The fraction of sp³-hybridized carbons (Fsp3) is 0.286. The number of carbonyl (C=O) groups excluding carboxylic acids is 1. The van der Waals surface area contributed by atoms with Gasteiger partial charge in [-0.15, -0.1) is 11.8 Å². The van der Waals surface area contributed by atoms with Crippen LogP contribution < -0.4 is 0 Å². The standard InChI is InChI=1S/C14H13NO5S2/c1-21-14-9(13(19)20)15-11(18)8(12(15)22-14)10(17)6-2-4-7(16)5-3-6/h2-5,8,10,12,16-17H,1H3,(H,19,20)/t8-,10?,12+/m0/s1. The van der Waals surface area contributed by atoms with Gasteiger partial charge in [-0.25, -0.2) is 4.79 Å². The molecule has 6 nitrogen and oxygen atoms in total. The Hall–Kier alpha value is -1.64. The van der Waals surface area contributed by atoms with Crippen molar-refractivity contribution in [3.63, 3.8) is 0 Å². The molecule has 1 unspecified atom stereocenters. The number of amides is 1. The van der Waals surface area contributed by atoms with Crippen LogP contribution in [-0.2, 0) is 9.59 Å². The van der Waals surface area contributed by atoms with E-state index in [4.69, 9.17) is 0 Å². The maximum Gasteiger partial charge on any atom is 0.354 e. The van der Waals surface area contributed by atoms with Gasteiger partial charge in [0.25, 0.3) is 0 Å². The number of aliphatic hydroxyl groups excluding tert-OH is 1. The average Bonchev–Trinajstić information content (AvgIpc) is 2.82. The molecule has 3 atom stereocenters. The zero-order valence-electron chi connectivity index (χ0n) is 11.5. The van der Waals surface area contributed by atoms with Gasteiger partial charge in [0.05, 0.1) is 16.3 Å². The Morgan fingerprint density at radius 3 is 2.55 bits per heavy atom. The van der Waals surface area contributed by atoms with E-state index < -0.39 is 23.4 Å². The molecular weight excluding hydrogens is 326 g/mol. The van der Waals surface area contributed by atoms with Crippen LogP contribution in [0.25, 0.3) is 0 Å². The number of carbonyl (C=O) groups is 2. The summed E-state index contributed by atoms with van der Waals surface area (Å²) < 4.78 is 0.575. The summed E-state index contributed by atoms with van der Waals surface area (Å²) in [7, 11) is 0. The summed E-state index contributed by atoms with van der Waals surface area (Å²) >= 11 is 2.58. The lowest BCUT2D eigenvalue weighted by Gasteiger charge is -2.44. The first-order valence-corrected chi connectivity index (χ1v) is 8.54. The third-order valence-electron chi connectivity index (χ3n) is 3.71. The van der Waals surface area contributed by atoms with E-state index in [2.05, 4.69) is 0 Å². The lowest BCUT2D eigenvalue weighted by Crippen LogP contribution is -2.59. The monoisotopic (exact) mass is 339 g/mol. The topological polar surface area (TPSA) is 98.1 Å². The Bertz CT molecular complexity index is 672. The van der Waals surface area contributed by atoms with Gasteiger partial charge >= 0.3 is 5.97 Å². The minimum Gasteiger partial charge on any atom is -0.508 e. The summed E-state index contributed by atoms with van der Waals surface area (Å²) in [6.45, 7) is 0. The number of carboxylic acid groups (broad SMARTS) is 1. The van der Waals surface area contributed by atoms with Gasteiger partial charge in [0.15, 0.2) is 5.70 Å². The lowest BCUT2D eigenvalue weighted by molar-refractivity contribution is -0.157. The fourth-order valence-corrected chi connectivity index (χ4v) is 4.92. The number of aliphatic carboxylic acids is 1. The van der Waals surface area contributed by atoms with Crippen molar-refractivity contribution in [1.82, 2.24) is 4.90 Å². The average molecular weight is 339 g/mol. The summed E-state index contributed by atoms with van der Waals surface area (Å²) in [5, 5.41) is 28.6. The molecule has 1 saturated heterocycles. The number of phenolic OH excluding ortho intramolecular Hbond substituents is 1. The molecule has 0 bridgehead atoms. The second-order valence-electron chi connectivity index (χ2n) is 4.92. The molecule has 3 N–H and O–H groups in total. The Kier molecular flexibility index (Phi) is 3.84. The van der Waals surface area contributed by atoms with Gasteiger partial charge in [-0.1, -0.05) is 23.9 Å². The van der Waals surface area contributed by atoms with Gasteiger partial charge in [-0.3, -0.25) is 9.69 Å². The summed E-state index contributed by atoms with van der Waals surface area (Å²) in [5.41, 5.74) is 0.521. The number of thioether (sulfide) groups is 2. The first-order chi connectivity index (χ1) is 10.5. The van der Waals surface area contributed by atoms with E-state index in [0.717, 1.165) is 0 Å². The van der Waals surface area contributed by atoms with E-state index in [1.54, 1.807) is 18.4 Å². The summed E-state index contributed by atoms with van der Waals surface area (Å²) in [4.78, 5) is 24.9. The fourth-order valence-electron chi connectivity index (χ4n) is 2.62. The zero-order chi connectivity index (χ0) is 16.0. The Labute approximate surface area is 134 Å². The largest absolute Gasteiger partial charge is 0.508 e. The number of aromatic hydroxyl groups is 1. The molecule has 116 valence electrons. The van der Waals surface area contributed by atoms with E-state index in [9.17, 15) is 24.9 Å². The molecule has 0 saturated carbocycles. The number of nitrogens with zero attached hydrogens (tertiary/aromatic N) is 1. The van der Waals surface area contributed by atoms with Crippen molar-refractivity contribution < 1.29 is 24.9 Å². The van der Waals surface area contributed by atoms with Crippen LogP contribution in [0.1, 0.15) is 11.7 Å². The van der Waals surface area contributed by atoms with E-state index >= 15 is 0 Å². The number of fused-ring (bicyclic) bond motifs is 1. The number of aliphatic hydroxyl groups is 1. The van der Waals surface area contributed by atoms with Gasteiger partial charge in [0.1, 0.15) is 11.1 Å². The van der Waals surface area contributed by atoms with Crippen LogP contribution in [0.5, 0.6) is 5.75 Å². The SMILES string of the molecule is CSC1=C(C(=O)O)N2C(=O)[C@H](C(O)c3ccc(O)cc3)[C@H]2S1. The first-order valence-electron chi connectivity index (χ1n) is 6.44. The van der Waals surface area contributed by atoms with E-state index in [1.807, 2.05) is 0 Å². The predicted molar refractivity (Wildman–Crippen MR) is 83.0 cm³/mol. The molecule has 0 aliphatic carbocycles. The van der Waals surface area contributed by atoms with E-state index in [1.165, 1.54) is 40.6 Å².